The molecule has 4 nitrogen and oxygen atoms in total. The van der Waals surface area contributed by atoms with E-state index in [0.717, 1.165) is 0 Å². The molecular formula is C4H7N3OS. The molecule has 1 rings (SSSR count). The predicted molar refractivity (Wildman–Crippen MR) is 33.9 cm³/mol. The average molecular weight is 145 g/mol. The zero-order valence-electron chi connectivity index (χ0n) is 4.69. The first-order valence-corrected chi connectivity index (χ1v) is 3.25. The van der Waals surface area contributed by atoms with E-state index >= 15 is 0 Å². The summed E-state index contributed by atoms with van der Waals surface area (Å²) in [6.45, 7) is -0.0742. The molecule has 0 radical (unpaired) electrons. The Bertz CT molecular complexity index is 164. The summed E-state index contributed by atoms with van der Waals surface area (Å²) in [6.07, 6.45) is 1.43. The van der Waals surface area contributed by atoms with Gasteiger partial charge >= 0.3 is 0 Å². The summed E-state index contributed by atoms with van der Waals surface area (Å²) in [5.74, 6) is 0. The predicted octanol–water partition coefficient (Wildman–Crippen LogP) is -0.470. The lowest BCUT2D eigenvalue weighted by Gasteiger charge is -1.99. The highest BCUT2D eigenvalue weighted by Gasteiger charge is 2.05. The number of aromatic nitrogens is 2. The van der Waals surface area contributed by atoms with Crippen molar-refractivity contribution < 1.29 is 5.11 Å². The van der Waals surface area contributed by atoms with E-state index in [-0.39, 0.29) is 12.6 Å². The third-order valence-electron chi connectivity index (χ3n) is 0.892. The highest BCUT2D eigenvalue weighted by Crippen LogP contribution is 2.08. The topological polar surface area (TPSA) is 72.0 Å². The zero-order chi connectivity index (χ0) is 6.69. The molecule has 0 aliphatic heterocycles. The summed E-state index contributed by atoms with van der Waals surface area (Å²) in [6, 6.07) is -0.363. The van der Waals surface area contributed by atoms with E-state index in [1.165, 1.54) is 17.9 Å². The number of hydrogen-bond donors (Lipinski definition) is 2. The molecule has 1 aromatic heterocycles. The van der Waals surface area contributed by atoms with Crippen LogP contribution in [0.15, 0.2) is 6.33 Å². The Balaban J connectivity index is 2.65. The second-order valence-electron chi connectivity index (χ2n) is 1.57. The standard InChI is InChI=1S/C4H7N3OS/c5-3(1-8)4-6-2-7-9-4/h2-3,8H,1,5H2. The molecule has 1 aromatic rings. The Hall–Kier alpha value is -0.520. The molecule has 1 heterocycles. The van der Waals surface area contributed by atoms with Gasteiger partial charge in [0.2, 0.25) is 0 Å². The fourth-order valence-corrected chi connectivity index (χ4v) is 0.930. The molecule has 0 aliphatic rings. The first-order chi connectivity index (χ1) is 4.34. The lowest BCUT2D eigenvalue weighted by Crippen LogP contribution is -2.13. The Morgan fingerprint density at radius 3 is 3.11 bits per heavy atom. The van der Waals surface area contributed by atoms with Crippen LogP contribution in [0.2, 0.25) is 0 Å². The van der Waals surface area contributed by atoms with Crippen LogP contribution in [0.4, 0.5) is 0 Å². The van der Waals surface area contributed by atoms with Gasteiger partial charge in [-0.15, -0.1) is 0 Å². The Labute approximate surface area is 56.5 Å². The molecule has 1 unspecified atom stereocenters. The van der Waals surface area contributed by atoms with Crippen molar-refractivity contribution in [3.8, 4) is 0 Å². The first kappa shape index (κ1) is 6.60. The molecule has 0 aromatic carbocycles. The number of nitrogens with two attached hydrogens (primary N) is 1. The van der Waals surface area contributed by atoms with Crippen LogP contribution >= 0.6 is 11.5 Å². The molecule has 0 saturated heterocycles. The quantitative estimate of drug-likeness (QED) is 0.590. The fraction of sp³-hybridized carbons (Fsp3) is 0.500. The van der Waals surface area contributed by atoms with Gasteiger partial charge in [-0.2, -0.15) is 4.37 Å². The molecule has 0 spiro atoms. The third-order valence-corrected chi connectivity index (χ3v) is 1.69. The molecule has 0 bridgehead atoms. The van der Waals surface area contributed by atoms with Crippen molar-refractivity contribution in [3.05, 3.63) is 11.3 Å². The van der Waals surface area contributed by atoms with Gasteiger partial charge in [-0.05, 0) is 11.5 Å². The number of hydrogen-bond acceptors (Lipinski definition) is 5. The van der Waals surface area contributed by atoms with E-state index in [1.54, 1.807) is 0 Å². The second-order valence-corrected chi connectivity index (χ2v) is 2.38. The van der Waals surface area contributed by atoms with Crippen molar-refractivity contribution in [3.63, 3.8) is 0 Å². The van der Waals surface area contributed by atoms with Crippen molar-refractivity contribution >= 4 is 11.5 Å². The van der Waals surface area contributed by atoms with Gasteiger partial charge in [0.25, 0.3) is 0 Å². The minimum Gasteiger partial charge on any atom is -0.394 e. The molecule has 0 aliphatic carbocycles. The summed E-state index contributed by atoms with van der Waals surface area (Å²) in [5.41, 5.74) is 5.40. The van der Waals surface area contributed by atoms with Crippen LogP contribution in [0.25, 0.3) is 0 Å². The molecule has 0 saturated carbocycles. The van der Waals surface area contributed by atoms with Crippen LogP contribution in [-0.4, -0.2) is 21.1 Å². The summed E-state index contributed by atoms with van der Waals surface area (Å²) < 4.78 is 3.73. The molecule has 0 fully saturated rings. The van der Waals surface area contributed by atoms with E-state index in [4.69, 9.17) is 10.8 Å². The summed E-state index contributed by atoms with van der Waals surface area (Å²) in [5, 5.41) is 9.20. The van der Waals surface area contributed by atoms with Crippen LogP contribution < -0.4 is 5.73 Å². The number of nitrogens with zero attached hydrogens (tertiary/aromatic N) is 2. The number of rotatable bonds is 2. The average Bonchev–Trinajstić information content (AvgIpc) is 2.37. The lowest BCUT2D eigenvalue weighted by atomic mass is 10.4. The molecule has 3 N–H and O–H groups in total. The minimum absolute atomic E-state index is 0.0742. The monoisotopic (exact) mass is 145 g/mol. The third kappa shape index (κ3) is 1.44. The van der Waals surface area contributed by atoms with Gasteiger partial charge < -0.3 is 10.8 Å². The van der Waals surface area contributed by atoms with Gasteiger partial charge in [0, 0.05) is 0 Å². The van der Waals surface area contributed by atoms with E-state index in [0.29, 0.717) is 5.01 Å². The van der Waals surface area contributed by atoms with Crippen molar-refractivity contribution in [2.75, 3.05) is 6.61 Å². The Kier molecular flexibility index (Phi) is 2.10. The molecular weight excluding hydrogens is 138 g/mol. The van der Waals surface area contributed by atoms with Crippen LogP contribution in [0.1, 0.15) is 11.0 Å². The normalized spacial score (nSPS) is 13.6. The lowest BCUT2D eigenvalue weighted by molar-refractivity contribution is 0.267. The molecule has 50 valence electrons. The van der Waals surface area contributed by atoms with E-state index in [2.05, 4.69) is 9.36 Å². The molecule has 1 atom stereocenters. The van der Waals surface area contributed by atoms with Gasteiger partial charge in [0.05, 0.1) is 12.6 Å². The van der Waals surface area contributed by atoms with Crippen molar-refractivity contribution in [2.24, 2.45) is 5.73 Å². The summed E-state index contributed by atoms with van der Waals surface area (Å²) in [7, 11) is 0. The van der Waals surface area contributed by atoms with Gasteiger partial charge in [-0.3, -0.25) is 0 Å². The molecule has 5 heteroatoms. The van der Waals surface area contributed by atoms with Crippen molar-refractivity contribution in [1.82, 2.24) is 9.36 Å². The van der Waals surface area contributed by atoms with Gasteiger partial charge in [0.1, 0.15) is 11.3 Å². The highest BCUT2D eigenvalue weighted by molar-refractivity contribution is 7.05. The maximum Gasteiger partial charge on any atom is 0.132 e. The maximum atomic E-state index is 8.52. The smallest absolute Gasteiger partial charge is 0.132 e. The van der Waals surface area contributed by atoms with E-state index in [1.807, 2.05) is 0 Å². The van der Waals surface area contributed by atoms with Gasteiger partial charge in [-0.25, -0.2) is 4.98 Å². The second kappa shape index (κ2) is 2.86. The SMILES string of the molecule is NC(CO)c1ncns1. The summed E-state index contributed by atoms with van der Waals surface area (Å²) in [4.78, 5) is 3.81. The van der Waals surface area contributed by atoms with E-state index < -0.39 is 0 Å². The fourth-order valence-electron chi connectivity index (χ4n) is 0.423. The van der Waals surface area contributed by atoms with E-state index in [9.17, 15) is 0 Å². The first-order valence-electron chi connectivity index (χ1n) is 2.47. The van der Waals surface area contributed by atoms with Crippen LogP contribution in [-0.2, 0) is 0 Å². The summed E-state index contributed by atoms with van der Waals surface area (Å²) >= 11 is 1.21. The van der Waals surface area contributed by atoms with Crippen molar-refractivity contribution in [1.29, 1.82) is 0 Å². The van der Waals surface area contributed by atoms with Crippen molar-refractivity contribution in [2.45, 2.75) is 6.04 Å². The highest BCUT2D eigenvalue weighted by atomic mass is 32.1. The van der Waals surface area contributed by atoms with Gasteiger partial charge in [-0.1, -0.05) is 0 Å². The Morgan fingerprint density at radius 2 is 2.67 bits per heavy atom. The Morgan fingerprint density at radius 1 is 1.89 bits per heavy atom. The van der Waals surface area contributed by atoms with Crippen LogP contribution in [0, 0.1) is 0 Å². The zero-order valence-corrected chi connectivity index (χ0v) is 5.51. The minimum atomic E-state index is -0.363. The molecule has 0 amide bonds. The number of aliphatic hydroxyl groups excluding tert-OH is 1. The van der Waals surface area contributed by atoms with Gasteiger partial charge in [0.15, 0.2) is 0 Å². The largest absolute Gasteiger partial charge is 0.394 e. The number of aliphatic hydroxyl groups is 1. The van der Waals surface area contributed by atoms with Crippen LogP contribution in [0.5, 0.6) is 0 Å². The van der Waals surface area contributed by atoms with Crippen LogP contribution in [0.3, 0.4) is 0 Å². The maximum absolute atomic E-state index is 8.52. The molecule has 9 heavy (non-hydrogen) atoms.